The molecule has 0 atom stereocenters. The summed E-state index contributed by atoms with van der Waals surface area (Å²) in [4.78, 5) is 21.9. The van der Waals surface area contributed by atoms with Crippen LogP contribution >= 0.6 is 0 Å². The zero-order valence-corrected chi connectivity index (χ0v) is 8.71. The lowest BCUT2D eigenvalue weighted by atomic mass is 10.2. The molecule has 1 rings (SSSR count). The average Bonchev–Trinajstić information content (AvgIpc) is 2.27. The van der Waals surface area contributed by atoms with Crippen LogP contribution in [0.2, 0.25) is 0 Å². The van der Waals surface area contributed by atoms with E-state index in [9.17, 15) is 9.59 Å². The van der Waals surface area contributed by atoms with Crippen LogP contribution in [-0.4, -0.2) is 27.8 Å². The monoisotopic (exact) mass is 224 g/mol. The van der Waals surface area contributed by atoms with Gasteiger partial charge in [-0.25, -0.2) is 4.79 Å². The van der Waals surface area contributed by atoms with Crippen molar-refractivity contribution in [3.05, 3.63) is 35.9 Å². The van der Waals surface area contributed by atoms with E-state index in [1.807, 2.05) is 0 Å². The number of rotatable bonds is 4. The molecule has 0 saturated heterocycles. The largest absolute Gasteiger partial charge is 0.456 e. The average molecular weight is 224 g/mol. The first-order valence-corrected chi connectivity index (χ1v) is 4.61. The van der Waals surface area contributed by atoms with Gasteiger partial charge in [0.25, 0.3) is 0 Å². The van der Waals surface area contributed by atoms with E-state index in [4.69, 9.17) is 10.2 Å². The predicted octanol–water partition coefficient (Wildman–Crippen LogP) is -0.000300. The van der Waals surface area contributed by atoms with Gasteiger partial charge in [-0.1, -0.05) is 30.3 Å². The zero-order chi connectivity index (χ0) is 12.2. The van der Waals surface area contributed by atoms with Gasteiger partial charge in [-0.15, -0.1) is 0 Å². The minimum absolute atomic E-state index is 0.115. The van der Waals surface area contributed by atoms with Crippen LogP contribution in [0.25, 0.3) is 0 Å². The Kier molecular flexibility index (Phi) is 3.76. The zero-order valence-electron chi connectivity index (χ0n) is 8.71. The van der Waals surface area contributed by atoms with Gasteiger partial charge in [-0.2, -0.15) is 0 Å². The normalized spacial score (nSPS) is 10.9. The molecule has 1 aromatic carbocycles. The summed E-state index contributed by atoms with van der Waals surface area (Å²) in [7, 11) is 0. The topological polar surface area (TPSA) is 83.8 Å². The molecule has 0 aliphatic rings. The lowest BCUT2D eigenvalue weighted by Gasteiger charge is -2.16. The van der Waals surface area contributed by atoms with Crippen LogP contribution in [0.3, 0.4) is 0 Å². The number of ether oxygens (including phenoxy) is 1. The number of hydrogen-bond donors (Lipinski definition) is 2. The Hall–Kier alpha value is -1.72. The summed E-state index contributed by atoms with van der Waals surface area (Å²) in [5, 5.41) is 18.1. The van der Waals surface area contributed by atoms with Gasteiger partial charge < -0.3 is 14.9 Å². The van der Waals surface area contributed by atoms with Crippen molar-refractivity contribution >= 4 is 11.8 Å². The van der Waals surface area contributed by atoms with Gasteiger partial charge >= 0.3 is 11.8 Å². The fraction of sp³-hybridized carbons (Fsp3) is 0.273. The third-order valence-electron chi connectivity index (χ3n) is 1.99. The Morgan fingerprint density at radius 2 is 1.81 bits per heavy atom. The highest BCUT2D eigenvalue weighted by Crippen LogP contribution is 2.07. The molecular formula is C11H12O5. The standard InChI is InChI=1S/C11H12O5/c1-8(12)11(14,15)10(13)16-7-9-5-3-2-4-6-9/h2-6,14-15H,7H2,1H3. The summed E-state index contributed by atoms with van der Waals surface area (Å²) in [5.41, 5.74) is 0.690. The SMILES string of the molecule is CC(=O)C(O)(O)C(=O)OCc1ccccc1. The maximum Gasteiger partial charge on any atom is 0.375 e. The second-order valence-corrected chi connectivity index (χ2v) is 3.29. The molecule has 0 unspecified atom stereocenters. The van der Waals surface area contributed by atoms with Gasteiger partial charge in [0.2, 0.25) is 5.78 Å². The number of hydrogen-bond acceptors (Lipinski definition) is 5. The fourth-order valence-electron chi connectivity index (χ4n) is 0.967. The van der Waals surface area contributed by atoms with E-state index >= 15 is 0 Å². The van der Waals surface area contributed by atoms with Crippen LogP contribution in [0.5, 0.6) is 0 Å². The van der Waals surface area contributed by atoms with Crippen LogP contribution in [-0.2, 0) is 20.9 Å². The van der Waals surface area contributed by atoms with E-state index in [1.165, 1.54) is 0 Å². The van der Waals surface area contributed by atoms with E-state index in [0.29, 0.717) is 5.56 Å². The van der Waals surface area contributed by atoms with E-state index < -0.39 is 17.5 Å². The van der Waals surface area contributed by atoms with Crippen molar-refractivity contribution in [3.8, 4) is 0 Å². The van der Waals surface area contributed by atoms with Gasteiger partial charge in [0, 0.05) is 6.92 Å². The predicted molar refractivity (Wildman–Crippen MR) is 54.1 cm³/mol. The second kappa shape index (κ2) is 4.87. The highest BCUT2D eigenvalue weighted by atomic mass is 16.6. The number of esters is 1. The first-order chi connectivity index (χ1) is 7.44. The molecule has 5 nitrogen and oxygen atoms in total. The van der Waals surface area contributed by atoms with E-state index in [1.54, 1.807) is 30.3 Å². The molecular weight excluding hydrogens is 212 g/mol. The van der Waals surface area contributed by atoms with Crippen molar-refractivity contribution in [2.75, 3.05) is 0 Å². The Morgan fingerprint density at radius 1 is 1.25 bits per heavy atom. The molecule has 0 amide bonds. The number of aliphatic hydroxyl groups is 2. The molecule has 0 radical (unpaired) electrons. The highest BCUT2D eigenvalue weighted by Gasteiger charge is 2.40. The van der Waals surface area contributed by atoms with Crippen LogP contribution in [0.15, 0.2) is 30.3 Å². The summed E-state index contributed by atoms with van der Waals surface area (Å²) in [6.07, 6.45) is 0. The second-order valence-electron chi connectivity index (χ2n) is 3.29. The highest BCUT2D eigenvalue weighted by molar-refractivity contribution is 6.03. The van der Waals surface area contributed by atoms with Crippen LogP contribution in [0, 0.1) is 0 Å². The summed E-state index contributed by atoms with van der Waals surface area (Å²) < 4.78 is 4.59. The van der Waals surface area contributed by atoms with Crippen molar-refractivity contribution in [2.24, 2.45) is 0 Å². The Labute approximate surface area is 92.3 Å². The number of benzene rings is 1. The molecule has 1 aromatic rings. The first-order valence-electron chi connectivity index (χ1n) is 4.61. The summed E-state index contributed by atoms with van der Waals surface area (Å²) in [5.74, 6) is -5.51. The van der Waals surface area contributed by atoms with E-state index in [2.05, 4.69) is 4.74 Å². The number of carbonyl (C=O) groups excluding carboxylic acids is 2. The molecule has 2 N–H and O–H groups in total. The Morgan fingerprint density at radius 3 is 2.31 bits per heavy atom. The minimum Gasteiger partial charge on any atom is -0.456 e. The van der Waals surface area contributed by atoms with Crippen molar-refractivity contribution in [2.45, 2.75) is 19.3 Å². The Bertz CT molecular complexity index is 383. The lowest BCUT2D eigenvalue weighted by molar-refractivity contribution is -0.208. The summed E-state index contributed by atoms with van der Waals surface area (Å²) in [6.45, 7) is 0.777. The lowest BCUT2D eigenvalue weighted by Crippen LogP contribution is -2.46. The molecule has 0 spiro atoms. The van der Waals surface area contributed by atoms with Crippen LogP contribution < -0.4 is 0 Å². The third-order valence-corrected chi connectivity index (χ3v) is 1.99. The summed E-state index contributed by atoms with van der Waals surface area (Å²) >= 11 is 0. The molecule has 86 valence electrons. The van der Waals surface area contributed by atoms with Crippen molar-refractivity contribution in [1.29, 1.82) is 0 Å². The molecule has 5 heteroatoms. The third kappa shape index (κ3) is 2.88. The van der Waals surface area contributed by atoms with Crippen LogP contribution in [0.1, 0.15) is 12.5 Å². The van der Waals surface area contributed by atoms with Crippen LogP contribution in [0.4, 0.5) is 0 Å². The maximum atomic E-state index is 11.1. The molecule has 0 bridgehead atoms. The van der Waals surface area contributed by atoms with Crippen molar-refractivity contribution in [1.82, 2.24) is 0 Å². The van der Waals surface area contributed by atoms with Gasteiger partial charge in [0.1, 0.15) is 6.61 Å². The summed E-state index contributed by atoms with van der Waals surface area (Å²) in [6, 6.07) is 8.71. The fourth-order valence-corrected chi connectivity index (χ4v) is 0.967. The molecule has 0 aliphatic carbocycles. The number of carbonyl (C=O) groups is 2. The number of ketones is 1. The molecule has 0 heterocycles. The Balaban J connectivity index is 2.57. The van der Waals surface area contributed by atoms with Gasteiger partial charge in [-0.05, 0) is 5.56 Å². The quantitative estimate of drug-likeness (QED) is 0.427. The molecule has 16 heavy (non-hydrogen) atoms. The first kappa shape index (κ1) is 12.4. The molecule has 0 saturated carbocycles. The maximum absolute atomic E-state index is 11.1. The van der Waals surface area contributed by atoms with E-state index in [-0.39, 0.29) is 6.61 Å². The van der Waals surface area contributed by atoms with Gasteiger partial charge in [0.05, 0.1) is 0 Å². The smallest absolute Gasteiger partial charge is 0.375 e. The molecule has 0 fully saturated rings. The van der Waals surface area contributed by atoms with E-state index in [0.717, 1.165) is 6.92 Å². The van der Waals surface area contributed by atoms with Gasteiger partial charge in [-0.3, -0.25) is 4.79 Å². The van der Waals surface area contributed by atoms with Crippen molar-refractivity contribution < 1.29 is 24.5 Å². The van der Waals surface area contributed by atoms with Crippen molar-refractivity contribution in [3.63, 3.8) is 0 Å². The molecule has 0 aliphatic heterocycles. The number of Topliss-reactive ketones (excluding diaryl/α,β-unsaturated/α-hetero) is 1. The minimum atomic E-state index is -3.06. The molecule has 0 aromatic heterocycles. The van der Waals surface area contributed by atoms with Gasteiger partial charge in [0.15, 0.2) is 0 Å².